The highest BCUT2D eigenvalue weighted by molar-refractivity contribution is 6.09. The van der Waals surface area contributed by atoms with Crippen LogP contribution in [0.4, 0.5) is 0 Å². The Morgan fingerprint density at radius 3 is 2.22 bits per heavy atom. The first-order chi connectivity index (χ1) is 24.1. The lowest BCUT2D eigenvalue weighted by Crippen LogP contribution is -2.08. The van der Waals surface area contributed by atoms with Crippen LogP contribution in [-0.4, -0.2) is 19.3 Å². The fourth-order valence-corrected chi connectivity index (χ4v) is 7.44. The summed E-state index contributed by atoms with van der Waals surface area (Å²) in [5.74, 6) is 3.29. The third kappa shape index (κ3) is 6.22. The van der Waals surface area contributed by atoms with Gasteiger partial charge in [0.1, 0.15) is 17.3 Å². The molecule has 4 aromatic carbocycles. The van der Waals surface area contributed by atoms with Crippen LogP contribution >= 0.6 is 0 Å². The molecular weight excluding hydrogens is 613 g/mol. The van der Waals surface area contributed by atoms with Gasteiger partial charge in [-0.15, -0.1) is 0 Å². The lowest BCUT2D eigenvalue weighted by molar-refractivity contribution is 0.481. The highest BCUT2D eigenvalue weighted by Gasteiger charge is 2.23. The monoisotopic (exact) mass is 660 g/mol. The second-order valence-corrected chi connectivity index (χ2v) is 14.5. The predicted molar refractivity (Wildman–Crippen MR) is 208 cm³/mol. The molecule has 0 bridgehead atoms. The van der Waals surface area contributed by atoms with E-state index in [2.05, 4.69) is 156 Å². The molecule has 0 fully saturated rings. The lowest BCUT2D eigenvalue weighted by atomic mass is 9.91. The SMILES string of the molecule is CCCc1ccnc(-n2c3ccccc3c3ccc(Oc4cc(C(C)C)cc(-n5nc(C)c(-c6c(C)cccc6C)c5CC(C)C)c4)cc32)c1. The van der Waals surface area contributed by atoms with Gasteiger partial charge < -0.3 is 4.74 Å². The van der Waals surface area contributed by atoms with Crippen molar-refractivity contribution in [2.75, 3.05) is 0 Å². The maximum Gasteiger partial charge on any atom is 0.137 e. The summed E-state index contributed by atoms with van der Waals surface area (Å²) >= 11 is 0. The van der Waals surface area contributed by atoms with Gasteiger partial charge in [-0.3, -0.25) is 4.57 Å². The Bertz CT molecular complexity index is 2320. The standard InChI is InChI=1S/C45H48N4O/c1-9-13-33-20-21-46-43(23-33)48-40-17-11-10-16-38(40)39-19-18-36(27-41(39)48)50-37-25-34(29(4)5)24-35(26-37)49-42(22-28(2)3)45(32(8)47-49)44-30(6)14-12-15-31(44)7/h10-12,14-21,23-29H,9,13,22H2,1-8H3. The number of para-hydroxylation sites is 1. The molecule has 0 saturated heterocycles. The van der Waals surface area contributed by atoms with Gasteiger partial charge in [0.2, 0.25) is 0 Å². The molecule has 5 nitrogen and oxygen atoms in total. The molecule has 0 aliphatic carbocycles. The fraction of sp³-hybridized carbons (Fsp3) is 0.289. The molecule has 3 heterocycles. The molecule has 7 aromatic rings. The molecule has 0 amide bonds. The number of rotatable bonds is 10. The van der Waals surface area contributed by atoms with E-state index >= 15 is 0 Å². The number of aryl methyl sites for hydroxylation is 4. The van der Waals surface area contributed by atoms with Crippen molar-refractivity contribution in [1.29, 1.82) is 0 Å². The van der Waals surface area contributed by atoms with Gasteiger partial charge in [0.05, 0.1) is 28.1 Å². The van der Waals surface area contributed by atoms with Crippen LogP contribution in [0.15, 0.2) is 97.2 Å². The summed E-state index contributed by atoms with van der Waals surface area (Å²) in [5, 5.41) is 7.60. The predicted octanol–water partition coefficient (Wildman–Crippen LogP) is 12.0. The summed E-state index contributed by atoms with van der Waals surface area (Å²) < 4.78 is 11.2. The van der Waals surface area contributed by atoms with Gasteiger partial charge in [-0.05, 0) is 116 Å². The van der Waals surface area contributed by atoms with Crippen molar-refractivity contribution in [2.24, 2.45) is 5.92 Å². The smallest absolute Gasteiger partial charge is 0.137 e. The summed E-state index contributed by atoms with van der Waals surface area (Å²) in [4.78, 5) is 4.84. The van der Waals surface area contributed by atoms with Crippen molar-refractivity contribution >= 4 is 21.8 Å². The van der Waals surface area contributed by atoms with Gasteiger partial charge in [-0.25, -0.2) is 9.67 Å². The Labute approximate surface area is 296 Å². The molecule has 0 spiro atoms. The van der Waals surface area contributed by atoms with E-state index < -0.39 is 0 Å². The zero-order valence-corrected chi connectivity index (χ0v) is 30.7. The van der Waals surface area contributed by atoms with Crippen molar-refractivity contribution in [3.63, 3.8) is 0 Å². The van der Waals surface area contributed by atoms with Gasteiger partial charge >= 0.3 is 0 Å². The van der Waals surface area contributed by atoms with Crippen LogP contribution in [0.2, 0.25) is 0 Å². The number of fused-ring (bicyclic) bond motifs is 3. The Morgan fingerprint density at radius 1 is 0.720 bits per heavy atom. The van der Waals surface area contributed by atoms with Gasteiger partial charge in [-0.2, -0.15) is 5.10 Å². The molecule has 50 heavy (non-hydrogen) atoms. The quantitative estimate of drug-likeness (QED) is 0.147. The molecule has 0 N–H and O–H groups in total. The van der Waals surface area contributed by atoms with Gasteiger partial charge in [0, 0.05) is 34.7 Å². The minimum atomic E-state index is 0.312. The Balaban J connectivity index is 1.36. The van der Waals surface area contributed by atoms with Crippen molar-refractivity contribution in [3.05, 3.63) is 131 Å². The summed E-state index contributed by atoms with van der Waals surface area (Å²) in [6.45, 7) is 17.8. The number of hydrogen-bond acceptors (Lipinski definition) is 3. The van der Waals surface area contributed by atoms with E-state index in [4.69, 9.17) is 14.8 Å². The number of benzene rings is 4. The zero-order valence-electron chi connectivity index (χ0n) is 30.7. The van der Waals surface area contributed by atoms with E-state index in [0.29, 0.717) is 11.8 Å². The van der Waals surface area contributed by atoms with E-state index in [0.717, 1.165) is 59.0 Å². The summed E-state index contributed by atoms with van der Waals surface area (Å²) in [6.07, 6.45) is 4.96. The molecule has 254 valence electrons. The van der Waals surface area contributed by atoms with Crippen molar-refractivity contribution in [2.45, 2.75) is 80.6 Å². The van der Waals surface area contributed by atoms with E-state index in [1.54, 1.807) is 0 Å². The van der Waals surface area contributed by atoms with Crippen molar-refractivity contribution in [1.82, 2.24) is 19.3 Å². The molecule has 3 aromatic heterocycles. The minimum absolute atomic E-state index is 0.312. The number of aromatic nitrogens is 4. The summed E-state index contributed by atoms with van der Waals surface area (Å²) in [5.41, 5.74) is 13.1. The summed E-state index contributed by atoms with van der Waals surface area (Å²) in [6, 6.07) is 32.5. The van der Waals surface area contributed by atoms with Crippen molar-refractivity contribution < 1.29 is 4.74 Å². The van der Waals surface area contributed by atoms with Crippen LogP contribution in [0, 0.1) is 26.7 Å². The van der Waals surface area contributed by atoms with Crippen LogP contribution in [0.25, 0.3) is 44.4 Å². The third-order valence-corrected chi connectivity index (χ3v) is 9.77. The highest BCUT2D eigenvalue weighted by atomic mass is 16.5. The molecule has 0 aliphatic heterocycles. The molecule has 0 atom stereocenters. The second kappa shape index (κ2) is 13.6. The highest BCUT2D eigenvalue weighted by Crippen LogP contribution is 2.39. The topological polar surface area (TPSA) is 44.9 Å². The molecular formula is C45H48N4O. The first kappa shape index (κ1) is 33.3. The molecule has 0 saturated carbocycles. The Morgan fingerprint density at radius 2 is 1.48 bits per heavy atom. The largest absolute Gasteiger partial charge is 0.457 e. The minimum Gasteiger partial charge on any atom is -0.457 e. The van der Waals surface area contributed by atoms with Gasteiger partial charge in [0.15, 0.2) is 0 Å². The van der Waals surface area contributed by atoms with Crippen LogP contribution in [0.1, 0.15) is 80.6 Å². The molecule has 0 unspecified atom stereocenters. The summed E-state index contributed by atoms with van der Waals surface area (Å²) in [7, 11) is 0. The Kier molecular flexibility index (Phi) is 9.09. The van der Waals surface area contributed by atoms with E-state index in [1.807, 2.05) is 6.20 Å². The number of hydrogen-bond donors (Lipinski definition) is 0. The van der Waals surface area contributed by atoms with Crippen LogP contribution in [-0.2, 0) is 12.8 Å². The van der Waals surface area contributed by atoms with E-state index in [9.17, 15) is 0 Å². The molecule has 0 radical (unpaired) electrons. The number of ether oxygens (including phenoxy) is 1. The lowest BCUT2D eigenvalue weighted by Gasteiger charge is -2.17. The van der Waals surface area contributed by atoms with Crippen molar-refractivity contribution in [3.8, 4) is 34.1 Å². The normalized spacial score (nSPS) is 11.8. The van der Waals surface area contributed by atoms with Crippen LogP contribution in [0.3, 0.4) is 0 Å². The fourth-order valence-electron chi connectivity index (χ4n) is 7.44. The maximum atomic E-state index is 6.79. The molecule has 0 aliphatic rings. The van der Waals surface area contributed by atoms with E-state index in [-0.39, 0.29) is 0 Å². The van der Waals surface area contributed by atoms with Gasteiger partial charge in [-0.1, -0.05) is 77.4 Å². The average Bonchev–Trinajstić information content (AvgIpc) is 3.58. The average molecular weight is 661 g/mol. The molecule has 7 rings (SSSR count). The first-order valence-corrected chi connectivity index (χ1v) is 18.1. The molecule has 5 heteroatoms. The zero-order chi connectivity index (χ0) is 35.1. The van der Waals surface area contributed by atoms with E-state index in [1.165, 1.54) is 49.8 Å². The van der Waals surface area contributed by atoms with Gasteiger partial charge in [0.25, 0.3) is 0 Å². The maximum absolute atomic E-state index is 6.79. The Hall–Kier alpha value is -5.16. The second-order valence-electron chi connectivity index (χ2n) is 14.5. The third-order valence-electron chi connectivity index (χ3n) is 9.77. The number of nitrogens with zero attached hydrogens (tertiary/aromatic N) is 4. The van der Waals surface area contributed by atoms with Crippen LogP contribution in [0.5, 0.6) is 11.5 Å². The first-order valence-electron chi connectivity index (χ1n) is 18.1. The van der Waals surface area contributed by atoms with Crippen LogP contribution < -0.4 is 4.74 Å². The number of pyridine rings is 1.